The second-order valence-corrected chi connectivity index (χ2v) is 7.83. The maximum Gasteiger partial charge on any atom is 0.233 e. The largest absolute Gasteiger partial charge is 0.381 e. The smallest absolute Gasteiger partial charge is 0.233 e. The van der Waals surface area contributed by atoms with Gasteiger partial charge in [0.1, 0.15) is 0 Å². The maximum absolute atomic E-state index is 6.14. The summed E-state index contributed by atoms with van der Waals surface area (Å²) in [6.07, 6.45) is 1.99. The van der Waals surface area contributed by atoms with Gasteiger partial charge in [-0.3, -0.25) is 0 Å². The molecule has 7 heteroatoms. The molecule has 2 saturated heterocycles. The Morgan fingerprint density at radius 2 is 2.20 bits per heavy atom. The van der Waals surface area contributed by atoms with Gasteiger partial charge >= 0.3 is 0 Å². The Morgan fingerprint density at radius 3 is 3.00 bits per heavy atom. The maximum atomic E-state index is 6.14. The molecule has 0 saturated carbocycles. The van der Waals surface area contributed by atoms with Gasteiger partial charge in [0, 0.05) is 29.4 Å². The van der Waals surface area contributed by atoms with E-state index in [9.17, 15) is 0 Å². The normalized spacial score (nSPS) is 35.1. The molecule has 1 aromatic rings. The standard InChI is InChI=1S/C13H21N3O2S2/c1-2-10-11(20-6-5-19-10)12-15-13(18-16-12)8-7-17-4-3-9(8)14/h8-11H,2-7,14H2,1H3. The monoisotopic (exact) mass is 315 g/mol. The van der Waals surface area contributed by atoms with Crippen LogP contribution in [0.3, 0.4) is 0 Å². The molecule has 0 bridgehead atoms. The number of ether oxygens (including phenoxy) is 1. The Hall–Kier alpha value is -0.240. The van der Waals surface area contributed by atoms with E-state index in [0.717, 1.165) is 31.0 Å². The summed E-state index contributed by atoms with van der Waals surface area (Å²) in [5, 5.41) is 5.14. The first-order valence-electron chi connectivity index (χ1n) is 7.19. The van der Waals surface area contributed by atoms with Gasteiger partial charge in [0.15, 0.2) is 5.82 Å². The van der Waals surface area contributed by atoms with E-state index in [4.69, 9.17) is 15.0 Å². The molecule has 4 atom stereocenters. The zero-order chi connectivity index (χ0) is 13.9. The molecule has 112 valence electrons. The summed E-state index contributed by atoms with van der Waals surface area (Å²) in [6.45, 7) is 3.54. The minimum atomic E-state index is 0.0475. The van der Waals surface area contributed by atoms with E-state index in [2.05, 4.69) is 17.1 Å². The second-order valence-electron chi connectivity index (χ2n) is 5.23. The van der Waals surface area contributed by atoms with Crippen LogP contribution in [-0.2, 0) is 4.74 Å². The summed E-state index contributed by atoms with van der Waals surface area (Å²) < 4.78 is 11.0. The van der Waals surface area contributed by atoms with Crippen LogP contribution in [-0.4, -0.2) is 46.2 Å². The summed E-state index contributed by atoms with van der Waals surface area (Å²) in [5.74, 6) is 3.90. The van der Waals surface area contributed by atoms with Crippen LogP contribution in [0.1, 0.15) is 42.6 Å². The van der Waals surface area contributed by atoms with Gasteiger partial charge in [-0.1, -0.05) is 12.1 Å². The van der Waals surface area contributed by atoms with E-state index < -0.39 is 0 Å². The third-order valence-corrected chi connectivity index (χ3v) is 7.13. The lowest BCUT2D eigenvalue weighted by Crippen LogP contribution is -2.37. The van der Waals surface area contributed by atoms with Gasteiger partial charge in [-0.05, 0) is 12.8 Å². The van der Waals surface area contributed by atoms with E-state index >= 15 is 0 Å². The minimum Gasteiger partial charge on any atom is -0.381 e. The first kappa shape index (κ1) is 14.7. The average Bonchev–Trinajstić information content (AvgIpc) is 2.97. The Labute approximate surface area is 127 Å². The fourth-order valence-electron chi connectivity index (χ4n) is 2.66. The van der Waals surface area contributed by atoms with Gasteiger partial charge in [0.25, 0.3) is 0 Å². The van der Waals surface area contributed by atoms with Gasteiger partial charge in [-0.2, -0.15) is 16.7 Å². The van der Waals surface area contributed by atoms with Gasteiger partial charge in [0.05, 0.1) is 17.8 Å². The molecule has 2 aliphatic heterocycles. The molecular weight excluding hydrogens is 294 g/mol. The summed E-state index contributed by atoms with van der Waals surface area (Å²) in [4.78, 5) is 4.63. The Morgan fingerprint density at radius 1 is 1.35 bits per heavy atom. The predicted octanol–water partition coefficient (Wildman–Crippen LogP) is 2.20. The van der Waals surface area contributed by atoms with Crippen molar-refractivity contribution in [2.24, 2.45) is 5.73 Å². The van der Waals surface area contributed by atoms with Crippen LogP contribution in [0.25, 0.3) is 0 Å². The molecule has 0 radical (unpaired) electrons. The van der Waals surface area contributed by atoms with Crippen molar-refractivity contribution >= 4 is 23.5 Å². The Balaban J connectivity index is 1.75. The van der Waals surface area contributed by atoms with Crippen LogP contribution < -0.4 is 5.73 Å². The number of thioether (sulfide) groups is 2. The molecule has 0 amide bonds. The zero-order valence-corrected chi connectivity index (χ0v) is 13.3. The molecule has 0 aliphatic carbocycles. The summed E-state index contributed by atoms with van der Waals surface area (Å²) in [5.41, 5.74) is 6.14. The molecule has 1 aromatic heterocycles. The van der Waals surface area contributed by atoms with E-state index in [1.54, 1.807) is 0 Å². The highest BCUT2D eigenvalue weighted by Gasteiger charge is 2.33. The van der Waals surface area contributed by atoms with E-state index in [1.165, 1.54) is 5.75 Å². The summed E-state index contributed by atoms with van der Waals surface area (Å²) in [6, 6.07) is 0.0624. The lowest BCUT2D eigenvalue weighted by atomic mass is 9.97. The van der Waals surface area contributed by atoms with Crippen molar-refractivity contribution in [3.05, 3.63) is 11.7 Å². The number of rotatable bonds is 3. The fraction of sp³-hybridized carbons (Fsp3) is 0.846. The Kier molecular flexibility index (Phi) is 4.91. The number of nitrogens with zero attached hydrogens (tertiary/aromatic N) is 2. The van der Waals surface area contributed by atoms with E-state index in [-0.39, 0.29) is 12.0 Å². The van der Waals surface area contributed by atoms with Crippen molar-refractivity contribution < 1.29 is 9.26 Å². The molecule has 2 N–H and O–H groups in total. The van der Waals surface area contributed by atoms with Crippen molar-refractivity contribution in [2.75, 3.05) is 24.7 Å². The average molecular weight is 315 g/mol. The summed E-state index contributed by atoms with van der Waals surface area (Å²) in [7, 11) is 0. The van der Waals surface area contributed by atoms with E-state index in [0.29, 0.717) is 23.0 Å². The van der Waals surface area contributed by atoms with Crippen LogP contribution in [0, 0.1) is 0 Å². The van der Waals surface area contributed by atoms with Crippen molar-refractivity contribution in [3.63, 3.8) is 0 Å². The molecule has 3 heterocycles. The minimum absolute atomic E-state index is 0.0475. The van der Waals surface area contributed by atoms with Crippen molar-refractivity contribution in [1.29, 1.82) is 0 Å². The van der Waals surface area contributed by atoms with Crippen LogP contribution in [0.15, 0.2) is 4.52 Å². The molecule has 0 spiro atoms. The van der Waals surface area contributed by atoms with Crippen LogP contribution in [0.5, 0.6) is 0 Å². The molecule has 2 fully saturated rings. The molecule has 0 aromatic carbocycles. The number of hydrogen-bond acceptors (Lipinski definition) is 7. The fourth-order valence-corrected chi connectivity index (χ4v) is 5.65. The number of aromatic nitrogens is 2. The number of nitrogens with two attached hydrogens (primary N) is 1. The first-order valence-corrected chi connectivity index (χ1v) is 9.29. The van der Waals surface area contributed by atoms with Crippen molar-refractivity contribution in [2.45, 2.75) is 42.2 Å². The van der Waals surface area contributed by atoms with Gasteiger partial charge < -0.3 is 15.0 Å². The molecular formula is C13H21N3O2S2. The van der Waals surface area contributed by atoms with Crippen molar-refractivity contribution in [3.8, 4) is 0 Å². The lowest BCUT2D eigenvalue weighted by molar-refractivity contribution is 0.0590. The SMILES string of the molecule is CCC1SCCSC1c1noc(C2COCCC2N)n1. The summed E-state index contributed by atoms with van der Waals surface area (Å²) >= 11 is 3.96. The molecule has 2 aliphatic rings. The quantitative estimate of drug-likeness (QED) is 0.916. The highest BCUT2D eigenvalue weighted by atomic mass is 32.2. The molecule has 3 rings (SSSR count). The third kappa shape index (κ3) is 3.00. The van der Waals surface area contributed by atoms with Crippen LogP contribution >= 0.6 is 23.5 Å². The van der Waals surface area contributed by atoms with Gasteiger partial charge in [0.2, 0.25) is 5.89 Å². The highest BCUT2D eigenvalue weighted by molar-refractivity contribution is 8.06. The van der Waals surface area contributed by atoms with Gasteiger partial charge in [-0.25, -0.2) is 0 Å². The third-order valence-electron chi connectivity index (χ3n) is 3.89. The van der Waals surface area contributed by atoms with Gasteiger partial charge in [-0.15, -0.1) is 11.8 Å². The zero-order valence-electron chi connectivity index (χ0n) is 11.7. The second kappa shape index (κ2) is 6.68. The molecule has 4 unspecified atom stereocenters. The highest BCUT2D eigenvalue weighted by Crippen LogP contribution is 2.43. The number of hydrogen-bond donors (Lipinski definition) is 1. The molecule has 5 nitrogen and oxygen atoms in total. The molecule has 20 heavy (non-hydrogen) atoms. The van der Waals surface area contributed by atoms with Crippen LogP contribution in [0.2, 0.25) is 0 Å². The Bertz CT molecular complexity index is 443. The lowest BCUT2D eigenvalue weighted by Gasteiger charge is -2.27. The van der Waals surface area contributed by atoms with E-state index in [1.807, 2.05) is 23.5 Å². The predicted molar refractivity (Wildman–Crippen MR) is 82.2 cm³/mol. The topological polar surface area (TPSA) is 74.2 Å². The first-order chi connectivity index (χ1) is 9.79. The van der Waals surface area contributed by atoms with Crippen LogP contribution in [0.4, 0.5) is 0 Å². The van der Waals surface area contributed by atoms with Crippen molar-refractivity contribution in [1.82, 2.24) is 10.1 Å².